The Bertz CT molecular complexity index is 485. The summed E-state index contributed by atoms with van der Waals surface area (Å²) in [6, 6.07) is 6.98. The first kappa shape index (κ1) is 14.9. The number of nitrogens with one attached hydrogen (secondary N) is 2. The van der Waals surface area contributed by atoms with Crippen molar-refractivity contribution in [2.45, 2.75) is 30.9 Å². The van der Waals surface area contributed by atoms with Gasteiger partial charge in [-0.05, 0) is 31.0 Å². The maximum absolute atomic E-state index is 11.9. The van der Waals surface area contributed by atoms with Gasteiger partial charge in [0.25, 0.3) is 5.91 Å². The number of hydrogen-bond acceptors (Lipinski definition) is 3. The third-order valence-corrected chi connectivity index (χ3v) is 4.76. The zero-order valence-corrected chi connectivity index (χ0v) is 12.5. The number of thioether (sulfide) groups is 1. The summed E-state index contributed by atoms with van der Waals surface area (Å²) in [5, 5.41) is 6.05. The molecule has 0 unspecified atom stereocenters. The Morgan fingerprint density at radius 3 is 2.75 bits per heavy atom. The van der Waals surface area contributed by atoms with Crippen LogP contribution in [0.25, 0.3) is 0 Å². The quantitative estimate of drug-likeness (QED) is 0.877. The van der Waals surface area contributed by atoms with Crippen LogP contribution in [0.15, 0.2) is 24.3 Å². The van der Waals surface area contributed by atoms with Crippen LogP contribution < -0.4 is 10.6 Å². The zero-order valence-electron chi connectivity index (χ0n) is 11.6. The molecule has 2 N–H and O–H groups in total. The van der Waals surface area contributed by atoms with E-state index in [4.69, 9.17) is 0 Å². The molecule has 0 aliphatic heterocycles. The Labute approximate surface area is 123 Å². The molecule has 5 heteroatoms. The van der Waals surface area contributed by atoms with Gasteiger partial charge in [0.1, 0.15) is 0 Å². The standard InChI is InChI=1S/C15H20N2O2S/c1-16-15(19)11-5-4-6-12(9-11)17-14(18)10-20-13-7-2-3-8-13/h4-6,9,13H,2-3,7-8,10H2,1H3,(H,16,19)(H,17,18). The van der Waals surface area contributed by atoms with Crippen molar-refractivity contribution in [3.05, 3.63) is 29.8 Å². The summed E-state index contributed by atoms with van der Waals surface area (Å²) in [5.41, 5.74) is 1.22. The average Bonchev–Trinajstić information content (AvgIpc) is 2.98. The summed E-state index contributed by atoms with van der Waals surface area (Å²) in [4.78, 5) is 23.4. The van der Waals surface area contributed by atoms with Gasteiger partial charge >= 0.3 is 0 Å². The van der Waals surface area contributed by atoms with E-state index in [1.54, 1.807) is 43.1 Å². The summed E-state index contributed by atoms with van der Waals surface area (Å²) in [5.74, 6) is 0.326. The molecule has 1 aliphatic rings. The molecule has 0 saturated heterocycles. The lowest BCUT2D eigenvalue weighted by Crippen LogP contribution is -2.19. The molecular formula is C15H20N2O2S. The largest absolute Gasteiger partial charge is 0.355 e. The van der Waals surface area contributed by atoms with E-state index < -0.39 is 0 Å². The maximum Gasteiger partial charge on any atom is 0.251 e. The van der Waals surface area contributed by atoms with Gasteiger partial charge in [-0.25, -0.2) is 0 Å². The minimum atomic E-state index is -0.151. The van der Waals surface area contributed by atoms with Crippen LogP contribution in [0.4, 0.5) is 5.69 Å². The van der Waals surface area contributed by atoms with Crippen molar-refractivity contribution in [1.29, 1.82) is 0 Å². The maximum atomic E-state index is 11.9. The fourth-order valence-electron chi connectivity index (χ4n) is 2.33. The number of rotatable bonds is 5. The highest BCUT2D eigenvalue weighted by Gasteiger charge is 2.16. The van der Waals surface area contributed by atoms with Gasteiger partial charge in [-0.2, -0.15) is 0 Å². The number of anilines is 1. The topological polar surface area (TPSA) is 58.2 Å². The van der Waals surface area contributed by atoms with E-state index in [1.807, 2.05) is 0 Å². The number of hydrogen-bond donors (Lipinski definition) is 2. The molecular weight excluding hydrogens is 272 g/mol. The van der Waals surface area contributed by atoms with Crippen molar-refractivity contribution in [2.24, 2.45) is 0 Å². The van der Waals surface area contributed by atoms with Crippen LogP contribution in [-0.4, -0.2) is 29.9 Å². The summed E-state index contributed by atoms with van der Waals surface area (Å²) in [6.07, 6.45) is 5.02. The molecule has 1 aromatic carbocycles. The molecule has 0 bridgehead atoms. The van der Waals surface area contributed by atoms with E-state index in [1.165, 1.54) is 25.7 Å². The van der Waals surface area contributed by atoms with E-state index in [9.17, 15) is 9.59 Å². The van der Waals surface area contributed by atoms with E-state index in [0.29, 0.717) is 22.3 Å². The minimum Gasteiger partial charge on any atom is -0.355 e. The SMILES string of the molecule is CNC(=O)c1cccc(NC(=O)CSC2CCCC2)c1. The Morgan fingerprint density at radius 2 is 2.05 bits per heavy atom. The van der Waals surface area contributed by atoms with E-state index in [-0.39, 0.29) is 11.8 Å². The molecule has 0 atom stereocenters. The second-order valence-corrected chi connectivity index (χ2v) is 6.21. The average molecular weight is 292 g/mol. The highest BCUT2D eigenvalue weighted by atomic mass is 32.2. The Balaban J connectivity index is 1.85. The van der Waals surface area contributed by atoms with Crippen molar-refractivity contribution in [3.63, 3.8) is 0 Å². The van der Waals surface area contributed by atoms with Crippen LogP contribution in [0.3, 0.4) is 0 Å². The predicted octanol–water partition coefficient (Wildman–Crippen LogP) is 2.66. The lowest BCUT2D eigenvalue weighted by atomic mass is 10.2. The van der Waals surface area contributed by atoms with Crippen LogP contribution in [0, 0.1) is 0 Å². The number of carbonyl (C=O) groups is 2. The summed E-state index contributed by atoms with van der Waals surface area (Å²) >= 11 is 1.74. The molecule has 20 heavy (non-hydrogen) atoms. The van der Waals surface area contributed by atoms with Crippen molar-refractivity contribution in [2.75, 3.05) is 18.1 Å². The molecule has 0 radical (unpaired) electrons. The smallest absolute Gasteiger partial charge is 0.251 e. The van der Waals surface area contributed by atoms with Gasteiger partial charge in [0, 0.05) is 23.5 Å². The minimum absolute atomic E-state index is 0.00374. The van der Waals surface area contributed by atoms with Gasteiger partial charge in [-0.1, -0.05) is 18.9 Å². The first-order valence-electron chi connectivity index (χ1n) is 6.92. The molecule has 0 spiro atoms. The van der Waals surface area contributed by atoms with Crippen LogP contribution in [-0.2, 0) is 4.79 Å². The Kier molecular flexibility index (Phi) is 5.47. The fourth-order valence-corrected chi connectivity index (χ4v) is 3.45. The van der Waals surface area contributed by atoms with Crippen LogP contribution in [0.2, 0.25) is 0 Å². The third-order valence-electron chi connectivity index (χ3n) is 3.39. The summed E-state index contributed by atoms with van der Waals surface area (Å²) in [7, 11) is 1.59. The van der Waals surface area contributed by atoms with Gasteiger partial charge in [0.2, 0.25) is 5.91 Å². The van der Waals surface area contributed by atoms with Crippen LogP contribution in [0.1, 0.15) is 36.0 Å². The van der Waals surface area contributed by atoms with Gasteiger partial charge in [0.15, 0.2) is 0 Å². The lowest BCUT2D eigenvalue weighted by molar-refractivity contribution is -0.113. The van der Waals surface area contributed by atoms with Crippen molar-refractivity contribution in [1.82, 2.24) is 5.32 Å². The Morgan fingerprint density at radius 1 is 1.30 bits per heavy atom. The van der Waals surface area contributed by atoms with Crippen LogP contribution >= 0.6 is 11.8 Å². The molecule has 2 rings (SSSR count). The highest BCUT2D eigenvalue weighted by Crippen LogP contribution is 2.29. The lowest BCUT2D eigenvalue weighted by Gasteiger charge is -2.09. The van der Waals surface area contributed by atoms with Gasteiger partial charge in [-0.15, -0.1) is 11.8 Å². The zero-order chi connectivity index (χ0) is 14.4. The van der Waals surface area contributed by atoms with Gasteiger partial charge < -0.3 is 10.6 Å². The van der Waals surface area contributed by atoms with Gasteiger partial charge in [-0.3, -0.25) is 9.59 Å². The monoisotopic (exact) mass is 292 g/mol. The molecule has 108 valence electrons. The van der Waals surface area contributed by atoms with Crippen molar-refractivity contribution < 1.29 is 9.59 Å². The van der Waals surface area contributed by atoms with Crippen LogP contribution in [0.5, 0.6) is 0 Å². The fraction of sp³-hybridized carbons (Fsp3) is 0.467. The van der Waals surface area contributed by atoms with E-state index in [2.05, 4.69) is 10.6 Å². The molecule has 1 saturated carbocycles. The predicted molar refractivity (Wildman–Crippen MR) is 83.2 cm³/mol. The summed E-state index contributed by atoms with van der Waals surface area (Å²) < 4.78 is 0. The molecule has 1 fully saturated rings. The second-order valence-electron chi connectivity index (χ2n) is 4.93. The summed E-state index contributed by atoms with van der Waals surface area (Å²) in [6.45, 7) is 0. The number of amides is 2. The van der Waals surface area contributed by atoms with E-state index >= 15 is 0 Å². The molecule has 4 nitrogen and oxygen atoms in total. The second kappa shape index (κ2) is 7.33. The molecule has 0 aromatic heterocycles. The van der Waals surface area contributed by atoms with Gasteiger partial charge in [0.05, 0.1) is 5.75 Å². The third kappa shape index (κ3) is 4.27. The molecule has 1 aliphatic carbocycles. The Hall–Kier alpha value is -1.49. The number of carbonyl (C=O) groups excluding carboxylic acids is 2. The number of benzene rings is 1. The normalized spacial score (nSPS) is 15.1. The molecule has 0 heterocycles. The first-order valence-corrected chi connectivity index (χ1v) is 7.97. The molecule has 2 amide bonds. The highest BCUT2D eigenvalue weighted by molar-refractivity contribution is 8.00. The first-order chi connectivity index (χ1) is 9.69. The van der Waals surface area contributed by atoms with E-state index in [0.717, 1.165) is 0 Å². The van der Waals surface area contributed by atoms with Crippen molar-refractivity contribution >= 4 is 29.3 Å². The molecule has 1 aromatic rings. The van der Waals surface area contributed by atoms with Crippen molar-refractivity contribution in [3.8, 4) is 0 Å².